The number of hydrogen-bond acceptors (Lipinski definition) is 2. The highest BCUT2D eigenvalue weighted by atomic mass is 16.4. The van der Waals surface area contributed by atoms with Crippen molar-refractivity contribution in [3.05, 3.63) is 0 Å². The van der Waals surface area contributed by atoms with E-state index in [1.54, 1.807) is 11.9 Å². The number of carbonyl (C=O) groups excluding carboxylic acids is 1. The third kappa shape index (κ3) is 4.55. The second-order valence-corrected chi connectivity index (χ2v) is 5.89. The van der Waals surface area contributed by atoms with Crippen LogP contribution in [0.3, 0.4) is 0 Å². The summed E-state index contributed by atoms with van der Waals surface area (Å²) in [5.41, 5.74) is 0.190. The predicted molar refractivity (Wildman–Crippen MR) is 69.5 cm³/mol. The van der Waals surface area contributed by atoms with Crippen LogP contribution in [-0.2, 0) is 4.79 Å². The SMILES string of the molecule is CN(CCCC(=O)O)C(=O)N1CCCC(C)(C)C1. The molecule has 1 aliphatic rings. The van der Waals surface area contributed by atoms with Crippen molar-refractivity contribution in [3.63, 3.8) is 0 Å². The Balaban J connectivity index is 2.40. The lowest BCUT2D eigenvalue weighted by atomic mass is 9.84. The number of rotatable bonds is 4. The summed E-state index contributed by atoms with van der Waals surface area (Å²) in [5.74, 6) is -0.810. The van der Waals surface area contributed by atoms with Crippen molar-refractivity contribution in [1.82, 2.24) is 9.80 Å². The van der Waals surface area contributed by atoms with Gasteiger partial charge in [-0.2, -0.15) is 0 Å². The number of nitrogens with zero attached hydrogens (tertiary/aromatic N) is 2. The van der Waals surface area contributed by atoms with Gasteiger partial charge in [0.2, 0.25) is 0 Å². The van der Waals surface area contributed by atoms with E-state index in [-0.39, 0.29) is 17.9 Å². The molecule has 0 unspecified atom stereocenters. The minimum Gasteiger partial charge on any atom is -0.481 e. The van der Waals surface area contributed by atoms with Crippen LogP contribution >= 0.6 is 0 Å². The van der Waals surface area contributed by atoms with E-state index in [1.807, 2.05) is 4.90 Å². The topological polar surface area (TPSA) is 60.9 Å². The molecule has 0 radical (unpaired) electrons. The van der Waals surface area contributed by atoms with Crippen LogP contribution in [0.4, 0.5) is 4.79 Å². The number of carboxylic acids is 1. The lowest BCUT2D eigenvalue weighted by Gasteiger charge is -2.39. The highest BCUT2D eigenvalue weighted by Gasteiger charge is 2.30. The summed E-state index contributed by atoms with van der Waals surface area (Å²) in [5, 5.41) is 8.57. The summed E-state index contributed by atoms with van der Waals surface area (Å²) in [4.78, 5) is 26.1. The standard InChI is InChI=1S/C13H24N2O3/c1-13(2)7-5-9-15(10-13)12(18)14(3)8-4-6-11(16)17/h4-10H2,1-3H3,(H,16,17). The van der Waals surface area contributed by atoms with Crippen LogP contribution in [0.2, 0.25) is 0 Å². The van der Waals surface area contributed by atoms with Gasteiger partial charge in [0.15, 0.2) is 0 Å². The second kappa shape index (κ2) is 6.07. The first-order valence-corrected chi connectivity index (χ1v) is 6.54. The normalized spacial score (nSPS) is 18.5. The van der Waals surface area contributed by atoms with Crippen molar-refractivity contribution >= 4 is 12.0 Å². The maximum Gasteiger partial charge on any atom is 0.319 e. The number of amides is 2. The zero-order valence-corrected chi connectivity index (χ0v) is 11.6. The minimum absolute atomic E-state index is 0.0214. The van der Waals surface area contributed by atoms with E-state index < -0.39 is 5.97 Å². The van der Waals surface area contributed by atoms with Gasteiger partial charge in [-0.05, 0) is 24.7 Å². The lowest BCUT2D eigenvalue weighted by molar-refractivity contribution is -0.137. The first kappa shape index (κ1) is 14.8. The number of likely N-dealkylation sites (tertiary alicyclic amines) is 1. The molecule has 0 bridgehead atoms. The number of hydrogen-bond donors (Lipinski definition) is 1. The van der Waals surface area contributed by atoms with Crippen molar-refractivity contribution in [2.24, 2.45) is 5.41 Å². The van der Waals surface area contributed by atoms with Crippen molar-refractivity contribution < 1.29 is 14.7 Å². The van der Waals surface area contributed by atoms with Crippen molar-refractivity contribution in [1.29, 1.82) is 0 Å². The van der Waals surface area contributed by atoms with Gasteiger partial charge in [-0.25, -0.2) is 4.79 Å². The van der Waals surface area contributed by atoms with Crippen LogP contribution in [0.15, 0.2) is 0 Å². The van der Waals surface area contributed by atoms with E-state index in [4.69, 9.17) is 5.11 Å². The number of carbonyl (C=O) groups is 2. The molecule has 0 atom stereocenters. The van der Waals surface area contributed by atoms with Gasteiger partial charge < -0.3 is 14.9 Å². The molecule has 0 spiro atoms. The Morgan fingerprint density at radius 2 is 2.06 bits per heavy atom. The van der Waals surface area contributed by atoms with Crippen LogP contribution < -0.4 is 0 Å². The van der Waals surface area contributed by atoms with Crippen molar-refractivity contribution in [3.8, 4) is 0 Å². The highest BCUT2D eigenvalue weighted by Crippen LogP contribution is 2.28. The quantitative estimate of drug-likeness (QED) is 0.837. The van der Waals surface area contributed by atoms with Crippen LogP contribution in [0.25, 0.3) is 0 Å². The molecule has 0 aliphatic carbocycles. The molecule has 104 valence electrons. The lowest BCUT2D eigenvalue weighted by Crippen LogP contribution is -2.48. The number of carboxylic acid groups (broad SMARTS) is 1. The molecule has 1 saturated heterocycles. The van der Waals surface area contributed by atoms with E-state index in [0.717, 1.165) is 25.9 Å². The van der Waals surface area contributed by atoms with E-state index >= 15 is 0 Å². The first-order chi connectivity index (χ1) is 8.32. The Morgan fingerprint density at radius 3 is 2.61 bits per heavy atom. The predicted octanol–water partition coefficient (Wildman–Crippen LogP) is 2.02. The fourth-order valence-electron chi connectivity index (χ4n) is 2.39. The maximum atomic E-state index is 12.2. The summed E-state index contributed by atoms with van der Waals surface area (Å²) in [6, 6.07) is 0.0214. The summed E-state index contributed by atoms with van der Waals surface area (Å²) < 4.78 is 0. The highest BCUT2D eigenvalue weighted by molar-refractivity contribution is 5.74. The minimum atomic E-state index is -0.810. The molecule has 18 heavy (non-hydrogen) atoms. The fourth-order valence-corrected chi connectivity index (χ4v) is 2.39. The summed E-state index contributed by atoms with van der Waals surface area (Å²) in [7, 11) is 1.74. The molecular formula is C13H24N2O3. The fraction of sp³-hybridized carbons (Fsp3) is 0.846. The molecule has 1 N–H and O–H groups in total. The van der Waals surface area contributed by atoms with Crippen LogP contribution in [-0.4, -0.2) is 53.6 Å². The molecule has 0 aromatic heterocycles. The zero-order chi connectivity index (χ0) is 13.8. The van der Waals surface area contributed by atoms with Gasteiger partial charge in [0.1, 0.15) is 0 Å². The zero-order valence-electron chi connectivity index (χ0n) is 11.6. The average molecular weight is 256 g/mol. The molecule has 5 heteroatoms. The van der Waals surface area contributed by atoms with Gasteiger partial charge in [-0.15, -0.1) is 0 Å². The van der Waals surface area contributed by atoms with E-state index in [2.05, 4.69) is 13.8 Å². The molecule has 0 saturated carbocycles. The molecule has 1 heterocycles. The van der Waals surface area contributed by atoms with E-state index in [1.165, 1.54) is 0 Å². The Labute approximate surface area is 109 Å². The molecule has 0 aromatic carbocycles. The Kier molecular flexibility index (Phi) is 4.99. The summed E-state index contributed by atoms with van der Waals surface area (Å²) in [6.45, 7) is 6.45. The number of urea groups is 1. The largest absolute Gasteiger partial charge is 0.481 e. The Bertz CT molecular complexity index is 315. The number of piperidine rings is 1. The molecule has 5 nitrogen and oxygen atoms in total. The van der Waals surface area contributed by atoms with E-state index in [0.29, 0.717) is 13.0 Å². The van der Waals surface area contributed by atoms with Gasteiger partial charge in [-0.1, -0.05) is 13.8 Å². The molecule has 1 rings (SSSR count). The molecule has 2 amide bonds. The first-order valence-electron chi connectivity index (χ1n) is 6.54. The summed E-state index contributed by atoms with van der Waals surface area (Å²) >= 11 is 0. The second-order valence-electron chi connectivity index (χ2n) is 5.89. The third-order valence-corrected chi connectivity index (χ3v) is 3.38. The van der Waals surface area contributed by atoms with Gasteiger partial charge in [0.25, 0.3) is 0 Å². The molecule has 1 aliphatic heterocycles. The smallest absolute Gasteiger partial charge is 0.319 e. The number of aliphatic carboxylic acids is 1. The van der Waals surface area contributed by atoms with Crippen LogP contribution in [0.1, 0.15) is 39.5 Å². The van der Waals surface area contributed by atoms with Crippen molar-refractivity contribution in [2.75, 3.05) is 26.7 Å². The average Bonchev–Trinajstić information content (AvgIpc) is 2.26. The third-order valence-electron chi connectivity index (χ3n) is 3.38. The molecule has 1 fully saturated rings. The van der Waals surface area contributed by atoms with Gasteiger partial charge in [0.05, 0.1) is 0 Å². The molecule has 0 aromatic rings. The van der Waals surface area contributed by atoms with Gasteiger partial charge in [-0.3, -0.25) is 4.79 Å². The van der Waals surface area contributed by atoms with Gasteiger partial charge in [0, 0.05) is 33.1 Å². The van der Waals surface area contributed by atoms with Crippen molar-refractivity contribution in [2.45, 2.75) is 39.5 Å². The van der Waals surface area contributed by atoms with Gasteiger partial charge >= 0.3 is 12.0 Å². The summed E-state index contributed by atoms with van der Waals surface area (Å²) in [6.07, 6.45) is 2.82. The maximum absolute atomic E-state index is 12.2. The Hall–Kier alpha value is -1.26. The van der Waals surface area contributed by atoms with Crippen LogP contribution in [0.5, 0.6) is 0 Å². The monoisotopic (exact) mass is 256 g/mol. The van der Waals surface area contributed by atoms with E-state index in [9.17, 15) is 9.59 Å². The van der Waals surface area contributed by atoms with Crippen LogP contribution in [0, 0.1) is 5.41 Å². The molecular weight excluding hydrogens is 232 g/mol. The Morgan fingerprint density at radius 1 is 1.39 bits per heavy atom.